The predicted molar refractivity (Wildman–Crippen MR) is 79.5 cm³/mol. The van der Waals surface area contributed by atoms with Crippen molar-refractivity contribution in [1.29, 1.82) is 0 Å². The smallest absolute Gasteiger partial charge is 0.105 e. The minimum atomic E-state index is 0.316. The molecule has 2 rings (SSSR count). The third-order valence-electron chi connectivity index (χ3n) is 3.52. The Bertz CT molecular complexity index is 505. The van der Waals surface area contributed by atoms with Gasteiger partial charge < -0.3 is 9.73 Å². The zero-order chi connectivity index (χ0) is 13.8. The summed E-state index contributed by atoms with van der Waals surface area (Å²) in [6, 6.07) is 8.83. The molecular weight excluding hydrogens is 234 g/mol. The first-order valence-corrected chi connectivity index (χ1v) is 6.95. The van der Waals surface area contributed by atoms with Gasteiger partial charge in [0.05, 0.1) is 6.26 Å². The fourth-order valence-corrected chi connectivity index (χ4v) is 2.89. The zero-order valence-electron chi connectivity index (χ0n) is 12.3. The zero-order valence-corrected chi connectivity index (χ0v) is 12.3. The highest BCUT2D eigenvalue weighted by Gasteiger charge is 2.17. The summed E-state index contributed by atoms with van der Waals surface area (Å²) in [5, 5.41) is 3.58. The molecule has 0 amide bonds. The number of rotatable bonds is 5. The molecule has 0 saturated carbocycles. The van der Waals surface area contributed by atoms with Crippen LogP contribution in [0.2, 0.25) is 0 Å². The molecule has 2 nitrogen and oxygen atoms in total. The van der Waals surface area contributed by atoms with E-state index in [0.717, 1.165) is 18.7 Å². The molecule has 0 aliphatic rings. The molecule has 0 aliphatic carbocycles. The third kappa shape index (κ3) is 3.27. The van der Waals surface area contributed by atoms with Crippen LogP contribution in [0.3, 0.4) is 0 Å². The summed E-state index contributed by atoms with van der Waals surface area (Å²) in [5.74, 6) is 1.03. The molecule has 1 aromatic carbocycles. The van der Waals surface area contributed by atoms with Gasteiger partial charge in [0.25, 0.3) is 0 Å². The summed E-state index contributed by atoms with van der Waals surface area (Å²) < 4.78 is 5.50. The molecule has 2 aromatic rings. The van der Waals surface area contributed by atoms with E-state index < -0.39 is 0 Å². The van der Waals surface area contributed by atoms with Gasteiger partial charge in [0.1, 0.15) is 5.76 Å². The van der Waals surface area contributed by atoms with Crippen LogP contribution < -0.4 is 5.32 Å². The van der Waals surface area contributed by atoms with Crippen molar-refractivity contribution in [2.45, 2.75) is 40.2 Å². The SMILES string of the molecule is CCNC(Cc1ccco1)c1c(C)cc(C)cc1C. The van der Waals surface area contributed by atoms with E-state index in [1.807, 2.05) is 12.1 Å². The maximum Gasteiger partial charge on any atom is 0.105 e. The van der Waals surface area contributed by atoms with Crippen LogP contribution in [-0.4, -0.2) is 6.54 Å². The molecule has 0 radical (unpaired) electrons. The van der Waals surface area contributed by atoms with Crippen molar-refractivity contribution in [3.05, 3.63) is 58.5 Å². The Labute approximate surface area is 115 Å². The number of furan rings is 1. The van der Waals surface area contributed by atoms with Gasteiger partial charge in [-0.15, -0.1) is 0 Å². The molecule has 0 spiro atoms. The molecule has 0 fully saturated rings. The van der Waals surface area contributed by atoms with Crippen molar-refractivity contribution < 1.29 is 4.42 Å². The fraction of sp³-hybridized carbons (Fsp3) is 0.412. The van der Waals surface area contributed by atoms with Crippen LogP contribution in [-0.2, 0) is 6.42 Å². The quantitative estimate of drug-likeness (QED) is 0.872. The lowest BCUT2D eigenvalue weighted by Gasteiger charge is -2.22. The molecule has 2 heteroatoms. The highest BCUT2D eigenvalue weighted by atomic mass is 16.3. The van der Waals surface area contributed by atoms with Crippen LogP contribution in [0.25, 0.3) is 0 Å². The van der Waals surface area contributed by atoms with E-state index in [1.165, 1.54) is 22.3 Å². The maximum atomic E-state index is 5.50. The Hall–Kier alpha value is -1.54. The molecule has 102 valence electrons. The van der Waals surface area contributed by atoms with E-state index in [1.54, 1.807) is 6.26 Å². The Morgan fingerprint density at radius 2 is 1.84 bits per heavy atom. The molecule has 0 saturated heterocycles. The van der Waals surface area contributed by atoms with Crippen molar-refractivity contribution in [2.75, 3.05) is 6.54 Å². The summed E-state index contributed by atoms with van der Waals surface area (Å²) in [6.45, 7) is 9.65. The monoisotopic (exact) mass is 257 g/mol. The standard InChI is InChI=1S/C17H23NO/c1-5-18-16(11-15-7-6-8-19-15)17-13(3)9-12(2)10-14(17)4/h6-10,16,18H,5,11H2,1-4H3. The van der Waals surface area contributed by atoms with E-state index in [-0.39, 0.29) is 0 Å². The molecule has 1 aromatic heterocycles. The van der Waals surface area contributed by atoms with Crippen LogP contribution in [0.1, 0.15) is 41.0 Å². The number of benzene rings is 1. The minimum Gasteiger partial charge on any atom is -0.469 e. The van der Waals surface area contributed by atoms with E-state index in [9.17, 15) is 0 Å². The predicted octanol–water partition coefficient (Wildman–Crippen LogP) is 4.10. The topological polar surface area (TPSA) is 25.2 Å². The summed E-state index contributed by atoms with van der Waals surface area (Å²) in [6.07, 6.45) is 2.64. The molecular formula is C17H23NO. The first kappa shape index (κ1) is 13.9. The van der Waals surface area contributed by atoms with Gasteiger partial charge in [0.2, 0.25) is 0 Å². The second-order valence-electron chi connectivity index (χ2n) is 5.21. The first-order chi connectivity index (χ1) is 9.11. The van der Waals surface area contributed by atoms with Crippen LogP contribution in [0.15, 0.2) is 34.9 Å². The van der Waals surface area contributed by atoms with Crippen molar-refractivity contribution in [2.24, 2.45) is 0 Å². The Morgan fingerprint density at radius 3 is 2.37 bits per heavy atom. The summed E-state index contributed by atoms with van der Waals surface area (Å²) >= 11 is 0. The summed E-state index contributed by atoms with van der Waals surface area (Å²) in [5.41, 5.74) is 5.45. The number of nitrogens with one attached hydrogen (secondary N) is 1. The van der Waals surface area contributed by atoms with Crippen LogP contribution in [0.4, 0.5) is 0 Å². The van der Waals surface area contributed by atoms with Gasteiger partial charge in [-0.2, -0.15) is 0 Å². The molecule has 1 atom stereocenters. The average molecular weight is 257 g/mol. The van der Waals surface area contributed by atoms with Crippen LogP contribution in [0, 0.1) is 20.8 Å². The highest BCUT2D eigenvalue weighted by Crippen LogP contribution is 2.26. The lowest BCUT2D eigenvalue weighted by atomic mass is 9.92. The van der Waals surface area contributed by atoms with Gasteiger partial charge in [-0.3, -0.25) is 0 Å². The van der Waals surface area contributed by atoms with E-state index >= 15 is 0 Å². The van der Waals surface area contributed by atoms with Crippen LogP contribution >= 0.6 is 0 Å². The van der Waals surface area contributed by atoms with Gasteiger partial charge in [-0.1, -0.05) is 24.6 Å². The molecule has 1 N–H and O–H groups in total. The Balaban J connectivity index is 2.33. The number of hydrogen-bond donors (Lipinski definition) is 1. The van der Waals surface area contributed by atoms with E-state index in [0.29, 0.717) is 6.04 Å². The largest absolute Gasteiger partial charge is 0.469 e. The molecule has 0 bridgehead atoms. The van der Waals surface area contributed by atoms with Crippen molar-refractivity contribution in [3.8, 4) is 0 Å². The van der Waals surface area contributed by atoms with Gasteiger partial charge in [0, 0.05) is 12.5 Å². The molecule has 1 unspecified atom stereocenters. The normalized spacial score (nSPS) is 12.6. The lowest BCUT2D eigenvalue weighted by molar-refractivity contribution is 0.453. The highest BCUT2D eigenvalue weighted by molar-refractivity contribution is 5.40. The van der Waals surface area contributed by atoms with Gasteiger partial charge in [-0.25, -0.2) is 0 Å². The van der Waals surface area contributed by atoms with Gasteiger partial charge in [-0.05, 0) is 56.1 Å². The van der Waals surface area contributed by atoms with Crippen molar-refractivity contribution in [1.82, 2.24) is 5.32 Å². The molecule has 19 heavy (non-hydrogen) atoms. The first-order valence-electron chi connectivity index (χ1n) is 6.95. The molecule has 1 heterocycles. The minimum absolute atomic E-state index is 0.316. The third-order valence-corrected chi connectivity index (χ3v) is 3.52. The Kier molecular flexibility index (Phi) is 4.43. The number of likely N-dealkylation sites (N-methyl/N-ethyl adjacent to an activating group) is 1. The second-order valence-corrected chi connectivity index (χ2v) is 5.21. The van der Waals surface area contributed by atoms with E-state index in [4.69, 9.17) is 4.42 Å². The summed E-state index contributed by atoms with van der Waals surface area (Å²) in [4.78, 5) is 0. The maximum absolute atomic E-state index is 5.50. The average Bonchev–Trinajstić information content (AvgIpc) is 2.80. The Morgan fingerprint density at radius 1 is 1.16 bits per heavy atom. The summed E-state index contributed by atoms with van der Waals surface area (Å²) in [7, 11) is 0. The lowest BCUT2D eigenvalue weighted by Crippen LogP contribution is -2.24. The molecule has 0 aliphatic heterocycles. The van der Waals surface area contributed by atoms with Gasteiger partial charge >= 0.3 is 0 Å². The van der Waals surface area contributed by atoms with Crippen molar-refractivity contribution >= 4 is 0 Å². The second kappa shape index (κ2) is 6.07. The van der Waals surface area contributed by atoms with Crippen LogP contribution in [0.5, 0.6) is 0 Å². The van der Waals surface area contributed by atoms with Gasteiger partial charge in [0.15, 0.2) is 0 Å². The van der Waals surface area contributed by atoms with Crippen molar-refractivity contribution in [3.63, 3.8) is 0 Å². The number of aryl methyl sites for hydroxylation is 3. The van der Waals surface area contributed by atoms with E-state index in [2.05, 4.69) is 45.1 Å². The fourth-order valence-electron chi connectivity index (χ4n) is 2.89. The number of hydrogen-bond acceptors (Lipinski definition) is 2.